The van der Waals surface area contributed by atoms with Crippen LogP contribution in [0, 0.1) is 17.6 Å². The maximum Gasteiger partial charge on any atom is 0.159 e. The van der Waals surface area contributed by atoms with Crippen molar-refractivity contribution >= 4 is 0 Å². The molecule has 2 N–H and O–H groups in total. The fourth-order valence-electron chi connectivity index (χ4n) is 2.00. The molecule has 0 aliphatic carbocycles. The first-order valence-corrected chi connectivity index (χ1v) is 6.80. The van der Waals surface area contributed by atoms with Crippen molar-refractivity contribution in [2.24, 2.45) is 5.92 Å². The first kappa shape index (κ1) is 16.1. The maximum atomic E-state index is 13.0. The molecule has 108 valence electrons. The second-order valence-electron chi connectivity index (χ2n) is 5.25. The van der Waals surface area contributed by atoms with Gasteiger partial charge in [-0.15, -0.1) is 0 Å². The number of rotatable bonds is 7. The molecule has 0 aliphatic heterocycles. The van der Waals surface area contributed by atoms with Gasteiger partial charge in [0.05, 0.1) is 6.10 Å². The van der Waals surface area contributed by atoms with E-state index in [0.717, 1.165) is 25.0 Å². The Kier molecular flexibility index (Phi) is 6.38. The zero-order valence-electron chi connectivity index (χ0n) is 11.8. The third-order valence-electron chi connectivity index (χ3n) is 3.44. The van der Waals surface area contributed by atoms with Crippen molar-refractivity contribution in [1.29, 1.82) is 0 Å². The highest BCUT2D eigenvalue weighted by molar-refractivity contribution is 5.20. The molecule has 1 rings (SSSR count). The Bertz CT molecular complexity index is 398. The van der Waals surface area contributed by atoms with E-state index in [1.807, 2.05) is 0 Å². The van der Waals surface area contributed by atoms with Crippen LogP contribution in [0.4, 0.5) is 8.78 Å². The standard InChI is InChI=1S/C15H23F2NO/c1-4-10(2)7-11(3)18-9-15(19)12-5-6-13(16)14(17)8-12/h5-6,8,10-11,15,18-19H,4,7,9H2,1-3H3. The van der Waals surface area contributed by atoms with E-state index >= 15 is 0 Å². The molecule has 4 heteroatoms. The molecule has 1 aromatic carbocycles. The first-order chi connectivity index (χ1) is 8.93. The number of aliphatic hydroxyl groups is 1. The maximum absolute atomic E-state index is 13.0. The molecular formula is C15H23F2NO. The summed E-state index contributed by atoms with van der Waals surface area (Å²) in [5.74, 6) is -1.19. The molecule has 0 aromatic heterocycles. The summed E-state index contributed by atoms with van der Waals surface area (Å²) in [7, 11) is 0. The van der Waals surface area contributed by atoms with Crippen molar-refractivity contribution < 1.29 is 13.9 Å². The molecule has 2 nitrogen and oxygen atoms in total. The van der Waals surface area contributed by atoms with Gasteiger partial charge in [0.2, 0.25) is 0 Å². The second kappa shape index (κ2) is 7.56. The number of hydrogen-bond donors (Lipinski definition) is 2. The summed E-state index contributed by atoms with van der Waals surface area (Å²) >= 11 is 0. The van der Waals surface area contributed by atoms with Gasteiger partial charge in [0.1, 0.15) is 0 Å². The van der Waals surface area contributed by atoms with Crippen LogP contribution in [0.1, 0.15) is 45.3 Å². The SMILES string of the molecule is CCC(C)CC(C)NCC(O)c1ccc(F)c(F)c1. The van der Waals surface area contributed by atoms with Gasteiger partial charge >= 0.3 is 0 Å². The highest BCUT2D eigenvalue weighted by Gasteiger charge is 2.13. The van der Waals surface area contributed by atoms with Gasteiger partial charge < -0.3 is 10.4 Å². The molecular weight excluding hydrogens is 248 g/mol. The van der Waals surface area contributed by atoms with E-state index in [0.29, 0.717) is 18.0 Å². The quantitative estimate of drug-likeness (QED) is 0.796. The molecule has 0 radical (unpaired) electrons. The van der Waals surface area contributed by atoms with Crippen LogP contribution in [0.15, 0.2) is 18.2 Å². The van der Waals surface area contributed by atoms with Crippen LogP contribution < -0.4 is 5.32 Å². The van der Waals surface area contributed by atoms with Gasteiger partial charge in [-0.1, -0.05) is 26.3 Å². The summed E-state index contributed by atoms with van der Waals surface area (Å²) in [6, 6.07) is 3.77. The highest BCUT2D eigenvalue weighted by Crippen LogP contribution is 2.16. The molecule has 19 heavy (non-hydrogen) atoms. The van der Waals surface area contributed by atoms with Crippen LogP contribution in [0.3, 0.4) is 0 Å². The zero-order valence-corrected chi connectivity index (χ0v) is 11.8. The van der Waals surface area contributed by atoms with E-state index in [2.05, 4.69) is 26.1 Å². The van der Waals surface area contributed by atoms with E-state index in [9.17, 15) is 13.9 Å². The van der Waals surface area contributed by atoms with Crippen LogP contribution in [0.25, 0.3) is 0 Å². The summed E-state index contributed by atoms with van der Waals surface area (Å²) in [6.45, 7) is 6.73. The molecule has 0 amide bonds. The molecule has 0 spiro atoms. The fourth-order valence-corrected chi connectivity index (χ4v) is 2.00. The summed E-state index contributed by atoms with van der Waals surface area (Å²) in [5, 5.41) is 13.1. The lowest BCUT2D eigenvalue weighted by Gasteiger charge is -2.20. The topological polar surface area (TPSA) is 32.3 Å². The summed E-state index contributed by atoms with van der Waals surface area (Å²) < 4.78 is 25.8. The minimum absolute atomic E-state index is 0.287. The van der Waals surface area contributed by atoms with Crippen molar-refractivity contribution in [1.82, 2.24) is 5.32 Å². The van der Waals surface area contributed by atoms with Crippen LogP contribution in [0.2, 0.25) is 0 Å². The van der Waals surface area contributed by atoms with Gasteiger partial charge in [-0.3, -0.25) is 0 Å². The Morgan fingerprint density at radius 3 is 2.47 bits per heavy atom. The van der Waals surface area contributed by atoms with E-state index < -0.39 is 17.7 Å². The van der Waals surface area contributed by atoms with Crippen molar-refractivity contribution in [3.05, 3.63) is 35.4 Å². The Labute approximate surface area is 113 Å². The largest absolute Gasteiger partial charge is 0.387 e. The van der Waals surface area contributed by atoms with Gasteiger partial charge in [-0.25, -0.2) is 8.78 Å². The average Bonchev–Trinajstić information content (AvgIpc) is 2.39. The Morgan fingerprint density at radius 2 is 1.89 bits per heavy atom. The lowest BCUT2D eigenvalue weighted by molar-refractivity contribution is 0.168. The number of aliphatic hydroxyl groups excluding tert-OH is 1. The molecule has 0 saturated carbocycles. The predicted octanol–water partition coefficient (Wildman–Crippen LogP) is 3.41. The average molecular weight is 271 g/mol. The molecule has 3 unspecified atom stereocenters. The third kappa shape index (κ3) is 5.25. The van der Waals surface area contributed by atoms with Crippen LogP contribution in [-0.4, -0.2) is 17.7 Å². The highest BCUT2D eigenvalue weighted by atomic mass is 19.2. The van der Waals surface area contributed by atoms with E-state index in [1.54, 1.807) is 0 Å². The molecule has 1 aromatic rings. The number of nitrogens with one attached hydrogen (secondary N) is 1. The molecule has 0 saturated heterocycles. The number of hydrogen-bond acceptors (Lipinski definition) is 2. The smallest absolute Gasteiger partial charge is 0.159 e. The minimum Gasteiger partial charge on any atom is -0.387 e. The lowest BCUT2D eigenvalue weighted by atomic mass is 10.00. The molecule has 0 heterocycles. The molecule has 3 atom stereocenters. The summed E-state index contributed by atoms with van der Waals surface area (Å²) in [5.41, 5.74) is 0.391. The number of halogens is 2. The van der Waals surface area contributed by atoms with E-state index in [-0.39, 0.29) is 6.04 Å². The monoisotopic (exact) mass is 271 g/mol. The van der Waals surface area contributed by atoms with Crippen LogP contribution >= 0.6 is 0 Å². The lowest BCUT2D eigenvalue weighted by Crippen LogP contribution is -2.31. The van der Waals surface area contributed by atoms with Gasteiger partial charge in [-0.2, -0.15) is 0 Å². The Morgan fingerprint density at radius 1 is 1.21 bits per heavy atom. The fraction of sp³-hybridized carbons (Fsp3) is 0.600. The first-order valence-electron chi connectivity index (χ1n) is 6.80. The zero-order chi connectivity index (χ0) is 14.4. The third-order valence-corrected chi connectivity index (χ3v) is 3.44. The Balaban J connectivity index is 2.46. The van der Waals surface area contributed by atoms with E-state index in [4.69, 9.17) is 0 Å². The Hall–Kier alpha value is -1.00. The summed E-state index contributed by atoms with van der Waals surface area (Å²) in [6.07, 6.45) is 1.33. The second-order valence-corrected chi connectivity index (χ2v) is 5.25. The van der Waals surface area contributed by atoms with Crippen molar-refractivity contribution in [3.8, 4) is 0 Å². The number of benzene rings is 1. The molecule has 0 fully saturated rings. The van der Waals surface area contributed by atoms with Crippen LogP contribution in [0.5, 0.6) is 0 Å². The van der Waals surface area contributed by atoms with Gasteiger partial charge in [0.15, 0.2) is 11.6 Å². The van der Waals surface area contributed by atoms with E-state index in [1.165, 1.54) is 6.07 Å². The minimum atomic E-state index is -0.927. The molecule has 0 aliphatic rings. The van der Waals surface area contributed by atoms with Crippen molar-refractivity contribution in [2.45, 2.75) is 45.8 Å². The van der Waals surface area contributed by atoms with Crippen molar-refractivity contribution in [2.75, 3.05) is 6.54 Å². The normalized spacial score (nSPS) is 16.1. The summed E-state index contributed by atoms with van der Waals surface area (Å²) in [4.78, 5) is 0. The van der Waals surface area contributed by atoms with Gasteiger partial charge in [-0.05, 0) is 37.0 Å². The van der Waals surface area contributed by atoms with Gasteiger partial charge in [0.25, 0.3) is 0 Å². The predicted molar refractivity (Wildman–Crippen MR) is 72.9 cm³/mol. The van der Waals surface area contributed by atoms with Crippen molar-refractivity contribution in [3.63, 3.8) is 0 Å². The molecule has 0 bridgehead atoms. The van der Waals surface area contributed by atoms with Gasteiger partial charge in [0, 0.05) is 12.6 Å². The van der Waals surface area contributed by atoms with Crippen LogP contribution in [-0.2, 0) is 0 Å².